The number of benzene rings is 1. The van der Waals surface area contributed by atoms with E-state index in [0.717, 1.165) is 23.3 Å². The second kappa shape index (κ2) is 6.66. The number of hydrogen-bond donors (Lipinski definition) is 1. The molecule has 1 aliphatic carbocycles. The van der Waals surface area contributed by atoms with Crippen LogP contribution in [0.4, 0.5) is 0 Å². The van der Waals surface area contributed by atoms with Crippen LogP contribution in [-0.2, 0) is 16.0 Å². The lowest BCUT2D eigenvalue weighted by molar-refractivity contribution is -0.140. The zero-order valence-corrected chi connectivity index (χ0v) is 13.1. The maximum Gasteiger partial charge on any atom is 0.305 e. The summed E-state index contributed by atoms with van der Waals surface area (Å²) in [6.07, 6.45) is 2.27. The number of aryl methyl sites for hydroxylation is 1. The molecule has 6 heteroatoms. The number of carbonyl (C=O) groups is 1. The molecule has 1 aromatic rings. The summed E-state index contributed by atoms with van der Waals surface area (Å²) in [4.78, 5) is 22.2. The van der Waals surface area contributed by atoms with Gasteiger partial charge in [-0.25, -0.2) is 0 Å². The Morgan fingerprint density at radius 2 is 2.30 bits per heavy atom. The number of aliphatic hydroxyl groups is 1. The number of esters is 1. The van der Waals surface area contributed by atoms with Crippen LogP contribution >= 0.6 is 0 Å². The maximum absolute atomic E-state index is 11.2. The Bertz CT molecular complexity index is 603. The molecule has 23 heavy (non-hydrogen) atoms. The quantitative estimate of drug-likeness (QED) is 0.641. The zero-order valence-electron chi connectivity index (χ0n) is 13.1. The molecule has 1 N–H and O–H groups in total. The van der Waals surface area contributed by atoms with E-state index in [2.05, 4.69) is 9.91 Å². The van der Waals surface area contributed by atoms with Crippen LogP contribution in [0.25, 0.3) is 0 Å². The molecule has 1 aromatic carbocycles. The average Bonchev–Trinajstić information content (AvgIpc) is 3.10. The molecule has 3 rings (SSSR count). The molecule has 1 heterocycles. The van der Waals surface area contributed by atoms with Gasteiger partial charge in [-0.05, 0) is 18.4 Å². The molecule has 0 aromatic heterocycles. The van der Waals surface area contributed by atoms with E-state index in [1.54, 1.807) is 0 Å². The van der Waals surface area contributed by atoms with Crippen molar-refractivity contribution in [3.05, 3.63) is 34.2 Å². The van der Waals surface area contributed by atoms with Crippen molar-refractivity contribution in [1.82, 2.24) is 0 Å². The van der Waals surface area contributed by atoms with Gasteiger partial charge in [0.2, 0.25) is 0 Å². The first-order valence-electron chi connectivity index (χ1n) is 7.98. The highest BCUT2D eigenvalue weighted by molar-refractivity contribution is 5.69. The summed E-state index contributed by atoms with van der Waals surface area (Å²) in [6.45, 7) is -0.0626. The second-order valence-corrected chi connectivity index (χ2v) is 6.20. The zero-order chi connectivity index (χ0) is 16.4. The van der Waals surface area contributed by atoms with E-state index in [1.165, 1.54) is 7.11 Å². The Morgan fingerprint density at radius 3 is 3.00 bits per heavy atom. The third kappa shape index (κ3) is 2.83. The molecule has 0 unspecified atom stereocenters. The predicted octanol–water partition coefficient (Wildman–Crippen LogP) is 2.17. The van der Waals surface area contributed by atoms with Gasteiger partial charge in [0.15, 0.2) is 0 Å². The summed E-state index contributed by atoms with van der Waals surface area (Å²) in [7, 11) is 1.39. The highest BCUT2D eigenvalue weighted by Crippen LogP contribution is 2.52. The van der Waals surface area contributed by atoms with Gasteiger partial charge in [0.25, 0.3) is 0 Å². The van der Waals surface area contributed by atoms with Gasteiger partial charge < -0.3 is 14.6 Å². The summed E-state index contributed by atoms with van der Waals surface area (Å²) in [5, 5.41) is 12.8. The molecular formula is C17H21NO5. The molecule has 0 radical (unpaired) electrons. The molecule has 1 saturated carbocycles. The molecular weight excluding hydrogens is 298 g/mol. The van der Waals surface area contributed by atoms with Crippen LogP contribution in [0.3, 0.4) is 0 Å². The number of para-hydroxylation sites is 1. The Labute approximate surface area is 134 Å². The fraction of sp³-hybridized carbons (Fsp3) is 0.588. The van der Waals surface area contributed by atoms with Crippen molar-refractivity contribution >= 4 is 5.97 Å². The third-order valence-electron chi connectivity index (χ3n) is 4.99. The van der Waals surface area contributed by atoms with Gasteiger partial charge >= 0.3 is 5.97 Å². The molecule has 0 bridgehead atoms. The SMILES string of the molecule is COC(=O)CCCc1cccc2c1O[C@H]1C[C@@H](N=O)[C@H](CO)[C@@H]21. The van der Waals surface area contributed by atoms with Gasteiger partial charge in [-0.2, -0.15) is 4.91 Å². The molecule has 0 saturated heterocycles. The van der Waals surface area contributed by atoms with E-state index in [0.29, 0.717) is 19.3 Å². The van der Waals surface area contributed by atoms with Crippen molar-refractivity contribution in [3.8, 4) is 5.75 Å². The molecule has 2 aliphatic rings. The van der Waals surface area contributed by atoms with Crippen molar-refractivity contribution in [2.75, 3.05) is 13.7 Å². The summed E-state index contributed by atoms with van der Waals surface area (Å²) < 4.78 is 10.7. The van der Waals surface area contributed by atoms with Gasteiger partial charge in [0, 0.05) is 36.8 Å². The summed E-state index contributed by atoms with van der Waals surface area (Å²) >= 11 is 0. The van der Waals surface area contributed by atoms with E-state index in [4.69, 9.17) is 4.74 Å². The predicted molar refractivity (Wildman–Crippen MR) is 83.3 cm³/mol. The van der Waals surface area contributed by atoms with Crippen LogP contribution in [0.15, 0.2) is 23.4 Å². The normalized spacial score (nSPS) is 27.9. The summed E-state index contributed by atoms with van der Waals surface area (Å²) in [6, 6.07) is 5.58. The largest absolute Gasteiger partial charge is 0.489 e. The molecule has 6 nitrogen and oxygen atoms in total. The highest BCUT2D eigenvalue weighted by atomic mass is 16.5. The third-order valence-corrected chi connectivity index (χ3v) is 4.99. The number of nitroso groups, excluding NO2 is 1. The van der Waals surface area contributed by atoms with Crippen LogP contribution in [0, 0.1) is 10.8 Å². The molecule has 1 fully saturated rings. The number of rotatable bonds is 6. The van der Waals surface area contributed by atoms with E-state index < -0.39 is 0 Å². The molecule has 4 atom stereocenters. The van der Waals surface area contributed by atoms with E-state index in [1.807, 2.05) is 18.2 Å². The number of methoxy groups -OCH3 is 1. The second-order valence-electron chi connectivity index (χ2n) is 6.20. The van der Waals surface area contributed by atoms with Crippen molar-refractivity contribution in [1.29, 1.82) is 0 Å². The van der Waals surface area contributed by atoms with Crippen LogP contribution < -0.4 is 4.74 Å². The van der Waals surface area contributed by atoms with Gasteiger partial charge in [-0.15, -0.1) is 0 Å². The first-order chi connectivity index (χ1) is 11.2. The lowest BCUT2D eigenvalue weighted by Gasteiger charge is -2.17. The van der Waals surface area contributed by atoms with Gasteiger partial charge in [0.1, 0.15) is 17.9 Å². The number of aliphatic hydroxyl groups excluding tert-OH is 1. The first kappa shape index (κ1) is 15.9. The topological polar surface area (TPSA) is 85.2 Å². The van der Waals surface area contributed by atoms with Gasteiger partial charge in [-0.3, -0.25) is 4.79 Å². The molecule has 0 amide bonds. The van der Waals surface area contributed by atoms with Crippen molar-refractivity contribution in [2.45, 2.75) is 43.7 Å². The molecule has 124 valence electrons. The number of carbonyl (C=O) groups excluding carboxylic acids is 1. The van der Waals surface area contributed by atoms with Crippen molar-refractivity contribution in [2.24, 2.45) is 11.1 Å². The lowest BCUT2D eigenvalue weighted by Crippen LogP contribution is -2.21. The highest BCUT2D eigenvalue weighted by Gasteiger charge is 2.50. The average molecular weight is 319 g/mol. The summed E-state index contributed by atoms with van der Waals surface area (Å²) in [5.41, 5.74) is 2.11. The minimum Gasteiger partial charge on any atom is -0.489 e. The monoisotopic (exact) mass is 319 g/mol. The Morgan fingerprint density at radius 1 is 1.48 bits per heavy atom. The van der Waals surface area contributed by atoms with E-state index in [9.17, 15) is 14.8 Å². The van der Waals surface area contributed by atoms with Crippen LogP contribution in [0.2, 0.25) is 0 Å². The van der Waals surface area contributed by atoms with Crippen LogP contribution in [0.1, 0.15) is 36.3 Å². The molecule has 0 spiro atoms. The minimum atomic E-state index is -0.383. The fourth-order valence-corrected chi connectivity index (χ4v) is 3.87. The number of fused-ring (bicyclic) bond motifs is 3. The maximum atomic E-state index is 11.2. The van der Waals surface area contributed by atoms with Crippen molar-refractivity contribution < 1.29 is 19.4 Å². The minimum absolute atomic E-state index is 0.0262. The smallest absolute Gasteiger partial charge is 0.305 e. The standard InChI is InChI=1S/C17H21NO5/c1-22-15(20)7-3-5-10-4-2-6-11-16-12(9-19)13(18-21)8-14(16)23-17(10)11/h2,4,6,12-14,16,19H,3,5,7-9H2,1H3/t12-,13+,14-,16+/m0/s1. The van der Waals surface area contributed by atoms with Crippen LogP contribution in [-0.4, -0.2) is 36.9 Å². The number of ether oxygens (including phenoxy) is 2. The van der Waals surface area contributed by atoms with Gasteiger partial charge in [-0.1, -0.05) is 23.4 Å². The Balaban J connectivity index is 1.78. The van der Waals surface area contributed by atoms with E-state index in [-0.39, 0.29) is 36.6 Å². The van der Waals surface area contributed by atoms with Crippen LogP contribution in [0.5, 0.6) is 5.75 Å². The van der Waals surface area contributed by atoms with Gasteiger partial charge in [0.05, 0.1) is 7.11 Å². The Kier molecular flexibility index (Phi) is 4.61. The van der Waals surface area contributed by atoms with E-state index >= 15 is 0 Å². The number of nitrogens with zero attached hydrogens (tertiary/aromatic N) is 1. The number of hydrogen-bond acceptors (Lipinski definition) is 6. The fourth-order valence-electron chi connectivity index (χ4n) is 3.87. The summed E-state index contributed by atoms with van der Waals surface area (Å²) in [5.74, 6) is 0.494. The lowest BCUT2D eigenvalue weighted by atomic mass is 9.87. The first-order valence-corrected chi connectivity index (χ1v) is 7.98. The Hall–Kier alpha value is -1.95. The molecule has 1 aliphatic heterocycles. The van der Waals surface area contributed by atoms with Crippen molar-refractivity contribution in [3.63, 3.8) is 0 Å².